The van der Waals surface area contributed by atoms with Gasteiger partial charge in [-0.05, 0) is 25.7 Å². The van der Waals surface area contributed by atoms with Gasteiger partial charge in [0.1, 0.15) is 0 Å². The van der Waals surface area contributed by atoms with Gasteiger partial charge in [0, 0.05) is 24.5 Å². The summed E-state index contributed by atoms with van der Waals surface area (Å²) in [6.45, 7) is 2.65. The smallest absolute Gasteiger partial charge is 0.226 e. The molecule has 0 radical (unpaired) electrons. The topological polar surface area (TPSA) is 42.2 Å². The Morgan fingerprint density at radius 2 is 2.23 bits per heavy atom. The Balaban J connectivity index is 2.31. The first-order valence-electron chi connectivity index (χ1n) is 4.56. The lowest BCUT2D eigenvalue weighted by Crippen LogP contribution is -2.10. The number of aromatic nitrogens is 1. The van der Waals surface area contributed by atoms with Crippen molar-refractivity contribution in [2.45, 2.75) is 26.3 Å². The van der Waals surface area contributed by atoms with Crippen molar-refractivity contribution in [2.75, 3.05) is 0 Å². The van der Waals surface area contributed by atoms with E-state index < -0.39 is 0 Å². The van der Waals surface area contributed by atoms with E-state index in [-0.39, 0.29) is 11.2 Å². The van der Waals surface area contributed by atoms with E-state index in [1.807, 2.05) is 4.57 Å². The fourth-order valence-electron chi connectivity index (χ4n) is 1.47. The summed E-state index contributed by atoms with van der Waals surface area (Å²) in [4.78, 5) is 11.2. The number of hydrogen-bond acceptors (Lipinski definition) is 2. The Kier molecular flexibility index (Phi) is 1.87. The molecule has 2 rings (SSSR count). The molecule has 0 atom stereocenters. The SMILES string of the molecule is Cc1cn(CC2CC2)cc(O)c1=O. The predicted octanol–water partition coefficient (Wildman–Crippen LogP) is 1.27. The first-order valence-corrected chi connectivity index (χ1v) is 4.56. The Bertz CT molecular complexity index is 351. The molecule has 1 aromatic rings. The van der Waals surface area contributed by atoms with Crippen LogP contribution >= 0.6 is 0 Å². The van der Waals surface area contributed by atoms with Crippen molar-refractivity contribution in [1.82, 2.24) is 4.57 Å². The van der Waals surface area contributed by atoms with Crippen molar-refractivity contribution in [3.05, 3.63) is 28.2 Å². The summed E-state index contributed by atoms with van der Waals surface area (Å²) >= 11 is 0. The summed E-state index contributed by atoms with van der Waals surface area (Å²) < 4.78 is 1.91. The monoisotopic (exact) mass is 179 g/mol. The molecule has 1 fully saturated rings. The molecule has 70 valence electrons. The Morgan fingerprint density at radius 3 is 2.77 bits per heavy atom. The van der Waals surface area contributed by atoms with Gasteiger partial charge in [0.05, 0.1) is 0 Å². The first-order chi connectivity index (χ1) is 6.16. The average Bonchev–Trinajstić information content (AvgIpc) is 2.84. The van der Waals surface area contributed by atoms with Crippen LogP contribution in [0.5, 0.6) is 5.75 Å². The lowest BCUT2D eigenvalue weighted by Gasteiger charge is -2.06. The highest BCUT2D eigenvalue weighted by Gasteiger charge is 2.21. The van der Waals surface area contributed by atoms with E-state index in [0.717, 1.165) is 12.5 Å². The summed E-state index contributed by atoms with van der Waals surface area (Å²) in [5.74, 6) is 0.613. The van der Waals surface area contributed by atoms with Crippen LogP contribution in [0.1, 0.15) is 18.4 Å². The van der Waals surface area contributed by atoms with Gasteiger partial charge in [-0.25, -0.2) is 0 Å². The fourth-order valence-corrected chi connectivity index (χ4v) is 1.47. The van der Waals surface area contributed by atoms with Crippen LogP contribution in [0.4, 0.5) is 0 Å². The molecule has 13 heavy (non-hydrogen) atoms. The maximum absolute atomic E-state index is 11.2. The van der Waals surface area contributed by atoms with Crippen molar-refractivity contribution in [3.8, 4) is 5.75 Å². The minimum atomic E-state index is -0.257. The molecule has 0 saturated heterocycles. The molecule has 0 amide bonds. The van der Waals surface area contributed by atoms with Crippen molar-refractivity contribution in [2.24, 2.45) is 5.92 Å². The van der Waals surface area contributed by atoms with E-state index >= 15 is 0 Å². The molecule has 0 unspecified atom stereocenters. The third-order valence-corrected chi connectivity index (χ3v) is 2.40. The summed E-state index contributed by atoms with van der Waals surface area (Å²) in [5, 5.41) is 9.28. The van der Waals surface area contributed by atoms with Crippen LogP contribution in [0.2, 0.25) is 0 Å². The molecule has 0 bridgehead atoms. The van der Waals surface area contributed by atoms with Gasteiger partial charge in [-0.3, -0.25) is 4.79 Å². The third-order valence-electron chi connectivity index (χ3n) is 2.40. The van der Waals surface area contributed by atoms with Gasteiger partial charge in [-0.15, -0.1) is 0 Å². The number of pyridine rings is 1. The Labute approximate surface area is 76.6 Å². The van der Waals surface area contributed by atoms with Crippen LogP contribution in [0.3, 0.4) is 0 Å². The second-order valence-electron chi connectivity index (χ2n) is 3.80. The molecule has 1 aliphatic rings. The Morgan fingerprint density at radius 1 is 1.54 bits per heavy atom. The van der Waals surface area contributed by atoms with Gasteiger partial charge in [0.15, 0.2) is 5.75 Å². The Hall–Kier alpha value is -1.25. The second-order valence-corrected chi connectivity index (χ2v) is 3.80. The molecule has 0 aliphatic heterocycles. The fraction of sp³-hybridized carbons (Fsp3) is 0.500. The van der Waals surface area contributed by atoms with Crippen molar-refractivity contribution in [3.63, 3.8) is 0 Å². The summed E-state index contributed by atoms with van der Waals surface area (Å²) in [6, 6.07) is 0. The van der Waals surface area contributed by atoms with Gasteiger partial charge in [0.25, 0.3) is 0 Å². The van der Waals surface area contributed by atoms with Crippen molar-refractivity contribution in [1.29, 1.82) is 0 Å². The molecule has 1 heterocycles. The van der Waals surface area contributed by atoms with Gasteiger partial charge in [-0.1, -0.05) is 0 Å². The van der Waals surface area contributed by atoms with E-state index in [1.165, 1.54) is 19.0 Å². The summed E-state index contributed by atoms with van der Waals surface area (Å²) in [5.41, 5.74) is 0.354. The van der Waals surface area contributed by atoms with Crippen LogP contribution in [0.25, 0.3) is 0 Å². The lowest BCUT2D eigenvalue weighted by molar-refractivity contribution is 0.457. The van der Waals surface area contributed by atoms with Gasteiger partial charge in [0.2, 0.25) is 5.43 Å². The zero-order valence-corrected chi connectivity index (χ0v) is 7.66. The normalized spacial score (nSPS) is 16.1. The standard InChI is InChI=1S/C10H13NO2/c1-7-4-11(5-8-2-3-8)6-9(12)10(7)13/h4,6,8,12H,2-3,5H2,1H3. The molecular formula is C10H13NO2. The zero-order valence-electron chi connectivity index (χ0n) is 7.66. The largest absolute Gasteiger partial charge is 0.503 e. The summed E-state index contributed by atoms with van der Waals surface area (Å²) in [6.07, 6.45) is 5.87. The number of aryl methyl sites for hydroxylation is 1. The maximum Gasteiger partial charge on any atom is 0.226 e. The van der Waals surface area contributed by atoms with E-state index in [2.05, 4.69) is 0 Å². The van der Waals surface area contributed by atoms with Crippen molar-refractivity contribution >= 4 is 0 Å². The zero-order chi connectivity index (χ0) is 9.42. The van der Waals surface area contributed by atoms with Gasteiger partial charge >= 0.3 is 0 Å². The highest BCUT2D eigenvalue weighted by Crippen LogP contribution is 2.30. The highest BCUT2D eigenvalue weighted by molar-refractivity contribution is 5.22. The van der Waals surface area contributed by atoms with Crippen LogP contribution in [-0.4, -0.2) is 9.67 Å². The third kappa shape index (κ3) is 1.74. The molecule has 1 aromatic heterocycles. The maximum atomic E-state index is 11.2. The molecule has 1 aliphatic carbocycles. The predicted molar refractivity (Wildman–Crippen MR) is 49.8 cm³/mol. The van der Waals surface area contributed by atoms with Crippen LogP contribution in [-0.2, 0) is 6.54 Å². The number of rotatable bonds is 2. The van der Waals surface area contributed by atoms with Crippen LogP contribution in [0.15, 0.2) is 17.2 Å². The van der Waals surface area contributed by atoms with Gasteiger partial charge in [-0.2, -0.15) is 0 Å². The van der Waals surface area contributed by atoms with E-state index in [1.54, 1.807) is 13.1 Å². The molecule has 0 spiro atoms. The van der Waals surface area contributed by atoms with E-state index in [9.17, 15) is 9.90 Å². The molecular weight excluding hydrogens is 166 g/mol. The molecule has 1 saturated carbocycles. The minimum absolute atomic E-state index is 0.138. The number of nitrogens with zero attached hydrogens (tertiary/aromatic N) is 1. The molecule has 3 nitrogen and oxygen atoms in total. The molecule has 3 heteroatoms. The van der Waals surface area contributed by atoms with E-state index in [4.69, 9.17) is 0 Å². The average molecular weight is 179 g/mol. The first kappa shape index (κ1) is 8.35. The van der Waals surface area contributed by atoms with Crippen molar-refractivity contribution < 1.29 is 5.11 Å². The van der Waals surface area contributed by atoms with Gasteiger partial charge < -0.3 is 9.67 Å². The number of aromatic hydroxyl groups is 1. The second kappa shape index (κ2) is 2.91. The highest BCUT2D eigenvalue weighted by atomic mass is 16.3. The number of hydrogen-bond donors (Lipinski definition) is 1. The summed E-state index contributed by atoms with van der Waals surface area (Å²) in [7, 11) is 0. The molecule has 0 aromatic carbocycles. The molecule has 1 N–H and O–H groups in total. The quantitative estimate of drug-likeness (QED) is 0.743. The minimum Gasteiger partial charge on any atom is -0.503 e. The van der Waals surface area contributed by atoms with Crippen LogP contribution in [0, 0.1) is 12.8 Å². The lowest BCUT2D eigenvalue weighted by atomic mass is 10.3. The van der Waals surface area contributed by atoms with Crippen LogP contribution < -0.4 is 5.43 Å². The van der Waals surface area contributed by atoms with E-state index in [0.29, 0.717) is 5.56 Å².